The summed E-state index contributed by atoms with van der Waals surface area (Å²) in [6.07, 6.45) is 4.30. The number of aromatic nitrogens is 2. The molecule has 18 heavy (non-hydrogen) atoms. The van der Waals surface area contributed by atoms with E-state index in [0.717, 1.165) is 25.0 Å². The van der Waals surface area contributed by atoms with Crippen LogP contribution in [0, 0.1) is 6.92 Å². The quantitative estimate of drug-likeness (QED) is 0.834. The molecule has 2 atom stereocenters. The second kappa shape index (κ2) is 6.00. The second-order valence-electron chi connectivity index (χ2n) is 4.87. The van der Waals surface area contributed by atoms with E-state index in [1.54, 1.807) is 0 Å². The van der Waals surface area contributed by atoms with Crippen molar-refractivity contribution in [2.24, 2.45) is 5.73 Å². The minimum Gasteiger partial charge on any atom is -0.478 e. The maximum atomic E-state index is 6.03. The van der Waals surface area contributed by atoms with Crippen molar-refractivity contribution in [3.05, 3.63) is 11.8 Å². The van der Waals surface area contributed by atoms with Gasteiger partial charge in [0.2, 0.25) is 11.8 Å². The Morgan fingerprint density at radius 1 is 1.44 bits per heavy atom. The van der Waals surface area contributed by atoms with Gasteiger partial charge in [0.15, 0.2) is 0 Å². The maximum Gasteiger partial charge on any atom is 0.226 e. The highest BCUT2D eigenvalue weighted by Crippen LogP contribution is 2.21. The summed E-state index contributed by atoms with van der Waals surface area (Å²) in [6.45, 7) is 4.70. The van der Waals surface area contributed by atoms with Gasteiger partial charge in [-0.05, 0) is 32.6 Å². The highest BCUT2D eigenvalue weighted by molar-refractivity contribution is 5.32. The van der Waals surface area contributed by atoms with E-state index >= 15 is 0 Å². The molecule has 1 aliphatic rings. The molecule has 5 nitrogen and oxygen atoms in total. The number of nitrogens with zero attached hydrogens (tertiary/aromatic N) is 2. The van der Waals surface area contributed by atoms with Crippen molar-refractivity contribution >= 4 is 5.95 Å². The molecule has 1 aromatic heterocycles. The van der Waals surface area contributed by atoms with Crippen molar-refractivity contribution in [3.63, 3.8) is 0 Å². The second-order valence-corrected chi connectivity index (χ2v) is 4.87. The topological polar surface area (TPSA) is 73.1 Å². The van der Waals surface area contributed by atoms with E-state index in [1.807, 2.05) is 13.0 Å². The standard InChI is InChI=1S/C13H22N4O/c1-3-7-18-12-8-9(2)15-13(17-12)16-11-6-4-5-10(11)14/h8,10-11H,3-7,14H2,1-2H3,(H,15,16,17). The van der Waals surface area contributed by atoms with Gasteiger partial charge in [0.25, 0.3) is 0 Å². The van der Waals surface area contributed by atoms with Gasteiger partial charge in [0.05, 0.1) is 6.61 Å². The Morgan fingerprint density at radius 2 is 2.28 bits per heavy atom. The van der Waals surface area contributed by atoms with Gasteiger partial charge in [0.1, 0.15) is 0 Å². The lowest BCUT2D eigenvalue weighted by Gasteiger charge is -2.17. The minimum atomic E-state index is 0.203. The predicted molar refractivity (Wildman–Crippen MR) is 71.8 cm³/mol. The minimum absolute atomic E-state index is 0.203. The van der Waals surface area contributed by atoms with Crippen LogP contribution < -0.4 is 15.8 Å². The summed E-state index contributed by atoms with van der Waals surface area (Å²) in [6, 6.07) is 2.34. The summed E-state index contributed by atoms with van der Waals surface area (Å²) in [5.74, 6) is 1.27. The van der Waals surface area contributed by atoms with Crippen molar-refractivity contribution < 1.29 is 4.74 Å². The van der Waals surface area contributed by atoms with Crippen molar-refractivity contribution in [3.8, 4) is 5.88 Å². The predicted octanol–water partition coefficient (Wildman–Crippen LogP) is 1.87. The fourth-order valence-electron chi connectivity index (χ4n) is 2.22. The molecule has 1 aliphatic carbocycles. The summed E-state index contributed by atoms with van der Waals surface area (Å²) in [5.41, 5.74) is 6.94. The number of nitrogens with two attached hydrogens (primary N) is 1. The van der Waals surface area contributed by atoms with E-state index in [0.29, 0.717) is 18.4 Å². The zero-order valence-corrected chi connectivity index (χ0v) is 11.1. The lowest BCUT2D eigenvalue weighted by molar-refractivity contribution is 0.304. The first-order valence-electron chi connectivity index (χ1n) is 6.69. The van der Waals surface area contributed by atoms with E-state index in [2.05, 4.69) is 22.2 Å². The highest BCUT2D eigenvalue weighted by atomic mass is 16.5. The largest absolute Gasteiger partial charge is 0.478 e. The summed E-state index contributed by atoms with van der Waals surface area (Å²) in [4.78, 5) is 8.75. The first-order chi connectivity index (χ1) is 8.69. The van der Waals surface area contributed by atoms with E-state index in [1.165, 1.54) is 6.42 Å². The molecule has 0 bridgehead atoms. The van der Waals surface area contributed by atoms with Gasteiger partial charge in [-0.25, -0.2) is 4.98 Å². The summed E-state index contributed by atoms with van der Waals surface area (Å²) in [5, 5.41) is 3.32. The Bertz CT molecular complexity index is 397. The monoisotopic (exact) mass is 250 g/mol. The number of ether oxygens (including phenoxy) is 1. The molecule has 0 radical (unpaired) electrons. The number of anilines is 1. The van der Waals surface area contributed by atoms with Crippen LogP contribution in [0.25, 0.3) is 0 Å². The number of nitrogens with one attached hydrogen (secondary N) is 1. The van der Waals surface area contributed by atoms with E-state index < -0.39 is 0 Å². The number of hydrogen-bond acceptors (Lipinski definition) is 5. The van der Waals surface area contributed by atoms with Crippen LogP contribution in [-0.2, 0) is 0 Å². The van der Waals surface area contributed by atoms with Gasteiger partial charge in [-0.2, -0.15) is 4.98 Å². The van der Waals surface area contributed by atoms with E-state index in [-0.39, 0.29) is 12.1 Å². The molecule has 1 fully saturated rings. The smallest absolute Gasteiger partial charge is 0.226 e. The van der Waals surface area contributed by atoms with Crippen LogP contribution in [0.5, 0.6) is 5.88 Å². The first kappa shape index (κ1) is 13.1. The molecule has 2 rings (SSSR count). The van der Waals surface area contributed by atoms with Crippen LogP contribution in [-0.4, -0.2) is 28.7 Å². The fraction of sp³-hybridized carbons (Fsp3) is 0.692. The lowest BCUT2D eigenvalue weighted by atomic mass is 10.2. The normalized spacial score (nSPS) is 23.1. The van der Waals surface area contributed by atoms with Gasteiger partial charge in [-0.1, -0.05) is 6.92 Å². The third-order valence-electron chi connectivity index (χ3n) is 3.17. The first-order valence-corrected chi connectivity index (χ1v) is 6.69. The Morgan fingerprint density at radius 3 is 2.94 bits per heavy atom. The third kappa shape index (κ3) is 3.32. The van der Waals surface area contributed by atoms with Crippen molar-refractivity contribution in [1.82, 2.24) is 9.97 Å². The van der Waals surface area contributed by atoms with E-state index in [4.69, 9.17) is 10.5 Å². The van der Waals surface area contributed by atoms with Crippen LogP contribution >= 0.6 is 0 Å². The third-order valence-corrected chi connectivity index (χ3v) is 3.17. The summed E-state index contributed by atoms with van der Waals surface area (Å²) < 4.78 is 5.55. The number of rotatable bonds is 5. The Hall–Kier alpha value is -1.36. The summed E-state index contributed by atoms with van der Waals surface area (Å²) >= 11 is 0. The highest BCUT2D eigenvalue weighted by Gasteiger charge is 2.24. The van der Waals surface area contributed by atoms with Crippen molar-refractivity contribution in [1.29, 1.82) is 0 Å². The maximum absolute atomic E-state index is 6.03. The van der Waals surface area contributed by atoms with Gasteiger partial charge >= 0.3 is 0 Å². The molecule has 0 spiro atoms. The molecular formula is C13H22N4O. The molecular weight excluding hydrogens is 228 g/mol. The summed E-state index contributed by atoms with van der Waals surface area (Å²) in [7, 11) is 0. The van der Waals surface area contributed by atoms with Gasteiger partial charge in [0, 0.05) is 23.8 Å². The molecule has 2 unspecified atom stereocenters. The van der Waals surface area contributed by atoms with Crippen molar-refractivity contribution in [2.75, 3.05) is 11.9 Å². The Kier molecular flexibility index (Phi) is 4.36. The molecule has 0 aliphatic heterocycles. The Labute approximate surface area is 108 Å². The Balaban J connectivity index is 2.05. The molecule has 1 heterocycles. The van der Waals surface area contributed by atoms with Crippen LogP contribution in [0.15, 0.2) is 6.07 Å². The zero-order chi connectivity index (χ0) is 13.0. The number of aryl methyl sites for hydroxylation is 1. The fourth-order valence-corrected chi connectivity index (χ4v) is 2.22. The molecule has 3 N–H and O–H groups in total. The van der Waals surface area contributed by atoms with Crippen LogP contribution in [0.2, 0.25) is 0 Å². The zero-order valence-electron chi connectivity index (χ0n) is 11.1. The van der Waals surface area contributed by atoms with Crippen molar-refractivity contribution in [2.45, 2.75) is 51.6 Å². The molecule has 5 heteroatoms. The SMILES string of the molecule is CCCOc1cc(C)nc(NC2CCCC2N)n1. The van der Waals surface area contributed by atoms with Gasteiger partial charge in [-0.15, -0.1) is 0 Å². The molecule has 0 saturated heterocycles. The average Bonchev–Trinajstić information content (AvgIpc) is 2.72. The molecule has 0 amide bonds. The molecule has 1 aromatic rings. The van der Waals surface area contributed by atoms with Gasteiger partial charge in [-0.3, -0.25) is 0 Å². The molecule has 100 valence electrons. The van der Waals surface area contributed by atoms with Gasteiger partial charge < -0.3 is 15.8 Å². The van der Waals surface area contributed by atoms with Crippen LogP contribution in [0.1, 0.15) is 38.3 Å². The molecule has 1 saturated carbocycles. The molecule has 0 aromatic carbocycles. The van der Waals surface area contributed by atoms with Crippen LogP contribution in [0.3, 0.4) is 0 Å². The lowest BCUT2D eigenvalue weighted by Crippen LogP contribution is -2.35. The number of hydrogen-bond donors (Lipinski definition) is 2. The van der Waals surface area contributed by atoms with E-state index in [9.17, 15) is 0 Å². The van der Waals surface area contributed by atoms with Crippen LogP contribution in [0.4, 0.5) is 5.95 Å². The average molecular weight is 250 g/mol.